The van der Waals surface area contributed by atoms with Gasteiger partial charge in [0, 0.05) is 24.3 Å². The van der Waals surface area contributed by atoms with Crippen LogP contribution >= 0.6 is 0 Å². The Morgan fingerprint density at radius 2 is 2.06 bits per heavy atom. The highest BCUT2D eigenvalue weighted by Crippen LogP contribution is 2.28. The van der Waals surface area contributed by atoms with Gasteiger partial charge in [0.05, 0.1) is 0 Å². The molecular weight excluding hydrogens is 222 g/mol. The summed E-state index contributed by atoms with van der Waals surface area (Å²) >= 11 is 0. The van der Waals surface area contributed by atoms with Crippen molar-refractivity contribution in [1.82, 2.24) is 10.3 Å². The van der Waals surface area contributed by atoms with E-state index in [9.17, 15) is 0 Å². The van der Waals surface area contributed by atoms with Crippen LogP contribution in [-0.2, 0) is 6.54 Å². The van der Waals surface area contributed by atoms with Gasteiger partial charge in [-0.15, -0.1) is 0 Å². The first-order chi connectivity index (χ1) is 8.69. The van der Waals surface area contributed by atoms with Gasteiger partial charge in [-0.05, 0) is 37.2 Å². The minimum Gasteiger partial charge on any atom is -0.310 e. The highest BCUT2D eigenvalue weighted by molar-refractivity contribution is 5.30. The lowest BCUT2D eigenvalue weighted by atomic mass is 9.80. The SMILES string of the molecule is CC1CC(C)CC(NCc2cccnc2C#N)C1. The molecule has 2 unspecified atom stereocenters. The fourth-order valence-corrected chi connectivity index (χ4v) is 3.05. The van der Waals surface area contributed by atoms with Crippen LogP contribution in [0.3, 0.4) is 0 Å². The van der Waals surface area contributed by atoms with Crippen molar-refractivity contribution in [2.45, 2.75) is 45.7 Å². The first kappa shape index (κ1) is 13.0. The molecule has 3 heteroatoms. The van der Waals surface area contributed by atoms with Gasteiger partial charge in [0.25, 0.3) is 0 Å². The van der Waals surface area contributed by atoms with E-state index in [4.69, 9.17) is 5.26 Å². The molecule has 0 aliphatic heterocycles. The van der Waals surface area contributed by atoms with E-state index in [1.165, 1.54) is 19.3 Å². The Morgan fingerprint density at radius 3 is 2.72 bits per heavy atom. The van der Waals surface area contributed by atoms with E-state index in [0.717, 1.165) is 23.9 Å². The van der Waals surface area contributed by atoms with E-state index in [2.05, 4.69) is 30.2 Å². The molecule has 18 heavy (non-hydrogen) atoms. The van der Waals surface area contributed by atoms with Crippen molar-refractivity contribution in [2.24, 2.45) is 11.8 Å². The van der Waals surface area contributed by atoms with Crippen LogP contribution in [0.4, 0.5) is 0 Å². The highest BCUT2D eigenvalue weighted by Gasteiger charge is 2.23. The molecule has 0 aromatic carbocycles. The average molecular weight is 243 g/mol. The number of nitrogens with zero attached hydrogens (tertiary/aromatic N) is 2. The topological polar surface area (TPSA) is 48.7 Å². The Kier molecular flexibility index (Phi) is 4.33. The van der Waals surface area contributed by atoms with Gasteiger partial charge in [-0.3, -0.25) is 0 Å². The number of rotatable bonds is 3. The molecule has 0 spiro atoms. The Bertz CT molecular complexity index is 426. The zero-order chi connectivity index (χ0) is 13.0. The molecule has 1 aliphatic carbocycles. The number of nitriles is 1. The van der Waals surface area contributed by atoms with Crippen LogP contribution in [0.25, 0.3) is 0 Å². The third kappa shape index (κ3) is 3.30. The summed E-state index contributed by atoms with van der Waals surface area (Å²) in [5, 5.41) is 12.6. The summed E-state index contributed by atoms with van der Waals surface area (Å²) in [5.41, 5.74) is 1.55. The van der Waals surface area contributed by atoms with Gasteiger partial charge in [-0.2, -0.15) is 5.26 Å². The largest absolute Gasteiger partial charge is 0.310 e. The first-order valence-electron chi connectivity index (χ1n) is 6.76. The van der Waals surface area contributed by atoms with Gasteiger partial charge in [0.1, 0.15) is 11.8 Å². The summed E-state index contributed by atoms with van der Waals surface area (Å²) < 4.78 is 0. The molecule has 1 aliphatic rings. The third-order valence-electron chi connectivity index (χ3n) is 3.76. The van der Waals surface area contributed by atoms with Crippen molar-refractivity contribution in [1.29, 1.82) is 5.26 Å². The number of nitrogens with one attached hydrogen (secondary N) is 1. The van der Waals surface area contributed by atoms with Gasteiger partial charge < -0.3 is 5.32 Å². The van der Waals surface area contributed by atoms with Gasteiger partial charge >= 0.3 is 0 Å². The molecule has 96 valence electrons. The summed E-state index contributed by atoms with van der Waals surface area (Å²) in [6.07, 6.45) is 5.50. The van der Waals surface area contributed by atoms with Gasteiger partial charge in [0.2, 0.25) is 0 Å². The smallest absolute Gasteiger partial charge is 0.144 e. The first-order valence-corrected chi connectivity index (χ1v) is 6.76. The van der Waals surface area contributed by atoms with E-state index < -0.39 is 0 Å². The van der Waals surface area contributed by atoms with Gasteiger partial charge in [-0.1, -0.05) is 19.9 Å². The van der Waals surface area contributed by atoms with Gasteiger partial charge in [-0.25, -0.2) is 4.98 Å². The third-order valence-corrected chi connectivity index (χ3v) is 3.76. The van der Waals surface area contributed by atoms with Crippen molar-refractivity contribution in [3.8, 4) is 6.07 Å². The molecule has 3 nitrogen and oxygen atoms in total. The van der Waals surface area contributed by atoms with Crippen molar-refractivity contribution in [3.05, 3.63) is 29.6 Å². The van der Waals surface area contributed by atoms with E-state index in [-0.39, 0.29) is 0 Å². The fraction of sp³-hybridized carbons (Fsp3) is 0.600. The molecule has 1 heterocycles. The maximum Gasteiger partial charge on any atom is 0.144 e. The Labute approximate surface area is 109 Å². The zero-order valence-electron chi connectivity index (χ0n) is 11.2. The predicted molar refractivity (Wildman–Crippen MR) is 71.8 cm³/mol. The summed E-state index contributed by atoms with van der Waals surface area (Å²) in [7, 11) is 0. The fourth-order valence-electron chi connectivity index (χ4n) is 3.05. The minimum absolute atomic E-state index is 0.543. The van der Waals surface area contributed by atoms with E-state index >= 15 is 0 Å². The number of pyridine rings is 1. The van der Waals surface area contributed by atoms with E-state index in [1.54, 1.807) is 6.20 Å². The van der Waals surface area contributed by atoms with Crippen molar-refractivity contribution >= 4 is 0 Å². The second-order valence-electron chi connectivity index (χ2n) is 5.62. The zero-order valence-corrected chi connectivity index (χ0v) is 11.2. The van der Waals surface area contributed by atoms with Crippen LogP contribution in [0, 0.1) is 23.2 Å². The number of hydrogen-bond acceptors (Lipinski definition) is 3. The molecule has 1 saturated carbocycles. The molecule has 0 radical (unpaired) electrons. The lowest BCUT2D eigenvalue weighted by molar-refractivity contribution is 0.238. The summed E-state index contributed by atoms with van der Waals surface area (Å²) in [6, 6.07) is 6.60. The van der Waals surface area contributed by atoms with E-state index in [0.29, 0.717) is 11.7 Å². The van der Waals surface area contributed by atoms with Crippen molar-refractivity contribution < 1.29 is 0 Å². The van der Waals surface area contributed by atoms with Gasteiger partial charge in [0.15, 0.2) is 0 Å². The van der Waals surface area contributed by atoms with Crippen LogP contribution in [0.15, 0.2) is 18.3 Å². The molecule has 1 aromatic heterocycles. The highest BCUT2D eigenvalue weighted by atomic mass is 14.9. The molecule has 0 amide bonds. The molecule has 0 saturated heterocycles. The lowest BCUT2D eigenvalue weighted by Crippen LogP contribution is -2.36. The number of aromatic nitrogens is 1. The minimum atomic E-state index is 0.543. The van der Waals surface area contributed by atoms with Crippen molar-refractivity contribution in [3.63, 3.8) is 0 Å². The molecule has 1 aromatic rings. The predicted octanol–water partition coefficient (Wildman–Crippen LogP) is 2.87. The van der Waals surface area contributed by atoms with Crippen LogP contribution in [0.5, 0.6) is 0 Å². The Morgan fingerprint density at radius 1 is 1.33 bits per heavy atom. The summed E-state index contributed by atoms with van der Waals surface area (Å²) in [5.74, 6) is 1.60. The molecule has 1 fully saturated rings. The molecular formula is C15H21N3. The quantitative estimate of drug-likeness (QED) is 0.888. The van der Waals surface area contributed by atoms with Crippen LogP contribution in [0.1, 0.15) is 44.4 Å². The molecule has 1 N–H and O–H groups in total. The Balaban J connectivity index is 1.93. The maximum atomic E-state index is 9.00. The van der Waals surface area contributed by atoms with Crippen LogP contribution in [-0.4, -0.2) is 11.0 Å². The summed E-state index contributed by atoms with van der Waals surface area (Å²) in [6.45, 7) is 5.41. The average Bonchev–Trinajstić information content (AvgIpc) is 2.35. The lowest BCUT2D eigenvalue weighted by Gasteiger charge is -2.32. The van der Waals surface area contributed by atoms with Crippen LogP contribution < -0.4 is 5.32 Å². The molecule has 0 bridgehead atoms. The maximum absolute atomic E-state index is 9.00. The van der Waals surface area contributed by atoms with Crippen LogP contribution in [0.2, 0.25) is 0 Å². The molecule has 2 rings (SSSR count). The standard InChI is InChI=1S/C15H21N3/c1-11-6-12(2)8-14(7-11)18-10-13-4-3-5-17-15(13)9-16/h3-5,11-12,14,18H,6-8,10H2,1-2H3. The second-order valence-corrected chi connectivity index (χ2v) is 5.62. The molecule has 2 atom stereocenters. The monoisotopic (exact) mass is 243 g/mol. The van der Waals surface area contributed by atoms with Crippen molar-refractivity contribution in [2.75, 3.05) is 0 Å². The number of hydrogen-bond donors (Lipinski definition) is 1. The second kappa shape index (κ2) is 5.97. The van der Waals surface area contributed by atoms with E-state index in [1.807, 2.05) is 12.1 Å². The summed E-state index contributed by atoms with van der Waals surface area (Å²) in [4.78, 5) is 4.09. The normalized spacial score (nSPS) is 27.7. The Hall–Kier alpha value is -1.40.